The van der Waals surface area contributed by atoms with Gasteiger partial charge in [0.2, 0.25) is 0 Å². The molecular weight excluding hydrogens is 314 g/mol. The zero-order valence-electron chi connectivity index (χ0n) is 12.6. The Hall–Kier alpha value is -2.51. The van der Waals surface area contributed by atoms with Crippen LogP contribution in [0.2, 0.25) is 0 Å². The molecule has 2 aromatic rings. The normalized spacial score (nSPS) is 11.6. The fraction of sp³-hybridized carbons (Fsp3) is 0.125. The fourth-order valence-corrected chi connectivity index (χ4v) is 2.35. The molecule has 0 fully saturated rings. The summed E-state index contributed by atoms with van der Waals surface area (Å²) in [6, 6.07) is 13.0. The second-order valence-electron chi connectivity index (χ2n) is 4.85. The highest BCUT2D eigenvalue weighted by Gasteiger charge is 2.08. The number of benzene rings is 2. The van der Waals surface area contributed by atoms with E-state index < -0.39 is 10.1 Å². The maximum atomic E-state index is 10.9. The highest BCUT2D eigenvalue weighted by molar-refractivity contribution is 7.85. The summed E-state index contributed by atoms with van der Waals surface area (Å²) < 4.78 is 30.8. The van der Waals surface area contributed by atoms with Gasteiger partial charge in [-0.15, -0.1) is 6.58 Å². The van der Waals surface area contributed by atoms with Gasteiger partial charge in [-0.2, -0.15) is 18.6 Å². The van der Waals surface area contributed by atoms with Gasteiger partial charge in [-0.3, -0.25) is 4.55 Å². The third kappa shape index (κ3) is 4.73. The first-order chi connectivity index (χ1) is 10.9. The highest BCUT2D eigenvalue weighted by atomic mass is 32.2. The molecule has 0 aliphatic carbocycles. The van der Waals surface area contributed by atoms with Gasteiger partial charge in [-0.25, -0.2) is 0 Å². The van der Waals surface area contributed by atoms with Crippen LogP contribution in [-0.2, 0) is 10.1 Å². The summed E-state index contributed by atoms with van der Waals surface area (Å²) in [6.07, 6.45) is 1.82. The van der Waals surface area contributed by atoms with Crippen LogP contribution < -0.4 is 4.90 Å². The minimum atomic E-state index is -4.19. The van der Waals surface area contributed by atoms with Crippen molar-refractivity contribution in [2.75, 3.05) is 18.5 Å². The Labute approximate surface area is 135 Å². The molecule has 6 nitrogen and oxygen atoms in total. The summed E-state index contributed by atoms with van der Waals surface area (Å²) >= 11 is 0. The maximum absolute atomic E-state index is 10.9. The van der Waals surface area contributed by atoms with Crippen LogP contribution in [0, 0.1) is 0 Å². The third-order valence-corrected chi connectivity index (χ3v) is 3.98. The van der Waals surface area contributed by atoms with Crippen molar-refractivity contribution in [3.05, 3.63) is 61.2 Å². The van der Waals surface area contributed by atoms with Gasteiger partial charge in [0, 0.05) is 19.3 Å². The summed E-state index contributed by atoms with van der Waals surface area (Å²) in [5.74, 6) is 0. The second kappa shape index (κ2) is 7.17. The summed E-state index contributed by atoms with van der Waals surface area (Å²) in [4.78, 5) is 1.87. The van der Waals surface area contributed by atoms with Gasteiger partial charge < -0.3 is 4.90 Å². The van der Waals surface area contributed by atoms with Crippen LogP contribution in [-0.4, -0.2) is 26.6 Å². The minimum absolute atomic E-state index is 0.175. The quantitative estimate of drug-likeness (QED) is 0.493. The van der Waals surface area contributed by atoms with E-state index in [0.29, 0.717) is 11.4 Å². The molecule has 0 saturated carbocycles. The van der Waals surface area contributed by atoms with E-state index in [9.17, 15) is 8.42 Å². The predicted octanol–water partition coefficient (Wildman–Crippen LogP) is 3.97. The zero-order chi connectivity index (χ0) is 16.9. The Morgan fingerprint density at radius 2 is 1.52 bits per heavy atom. The van der Waals surface area contributed by atoms with Crippen molar-refractivity contribution in [2.45, 2.75) is 4.90 Å². The van der Waals surface area contributed by atoms with Crippen LogP contribution in [0.1, 0.15) is 0 Å². The molecule has 0 aromatic heterocycles. The van der Waals surface area contributed by atoms with Gasteiger partial charge in [0.25, 0.3) is 10.1 Å². The molecule has 0 amide bonds. The van der Waals surface area contributed by atoms with Crippen LogP contribution in [0.25, 0.3) is 0 Å². The predicted molar refractivity (Wildman–Crippen MR) is 90.3 cm³/mol. The Morgan fingerprint density at radius 3 is 1.96 bits per heavy atom. The molecule has 23 heavy (non-hydrogen) atoms. The lowest BCUT2D eigenvalue weighted by molar-refractivity contribution is 0.483. The molecule has 0 aliphatic heterocycles. The molecule has 7 heteroatoms. The van der Waals surface area contributed by atoms with Gasteiger partial charge in [-0.05, 0) is 48.5 Å². The molecule has 0 unspecified atom stereocenters. The Kier molecular flexibility index (Phi) is 5.25. The van der Waals surface area contributed by atoms with Crippen LogP contribution in [0.3, 0.4) is 0 Å². The first kappa shape index (κ1) is 16.9. The van der Waals surface area contributed by atoms with Crippen molar-refractivity contribution in [3.63, 3.8) is 0 Å². The topological polar surface area (TPSA) is 82.3 Å². The number of azo groups is 1. The molecule has 0 bridgehead atoms. The maximum Gasteiger partial charge on any atom is 0.294 e. The number of nitrogens with zero attached hydrogens (tertiary/aromatic N) is 3. The summed E-state index contributed by atoms with van der Waals surface area (Å²) in [6.45, 7) is 4.45. The fourth-order valence-electron chi connectivity index (χ4n) is 1.87. The minimum Gasteiger partial charge on any atom is -0.371 e. The molecule has 0 heterocycles. The van der Waals surface area contributed by atoms with Crippen molar-refractivity contribution in [2.24, 2.45) is 10.2 Å². The van der Waals surface area contributed by atoms with Crippen molar-refractivity contribution in [1.29, 1.82) is 0 Å². The van der Waals surface area contributed by atoms with Crippen molar-refractivity contribution in [3.8, 4) is 0 Å². The Balaban J connectivity index is 2.09. The van der Waals surface area contributed by atoms with Crippen LogP contribution in [0.15, 0.2) is 76.3 Å². The van der Waals surface area contributed by atoms with E-state index in [1.54, 1.807) is 0 Å². The monoisotopic (exact) mass is 331 g/mol. The number of rotatable bonds is 6. The standard InChI is InChI=1S/C16H17N3O3S/c1-3-12-19(2)15-8-4-13(5-9-15)17-18-14-6-10-16(11-7-14)23(20,21)22/h3-11H,1,12H2,2H3,(H,20,21,22). The Morgan fingerprint density at radius 1 is 1.04 bits per heavy atom. The van der Waals surface area contributed by atoms with Gasteiger partial charge in [0.15, 0.2) is 0 Å². The molecule has 0 radical (unpaired) electrons. The van der Waals surface area contributed by atoms with E-state index in [-0.39, 0.29) is 4.90 Å². The van der Waals surface area contributed by atoms with Gasteiger partial charge in [-0.1, -0.05) is 6.08 Å². The number of hydrogen-bond donors (Lipinski definition) is 1. The second-order valence-corrected chi connectivity index (χ2v) is 6.28. The molecule has 2 rings (SSSR count). The molecular formula is C16H17N3O3S. The lowest BCUT2D eigenvalue weighted by Crippen LogP contribution is -2.15. The average Bonchev–Trinajstić information content (AvgIpc) is 2.53. The summed E-state index contributed by atoms with van der Waals surface area (Å²) in [5, 5.41) is 8.12. The van der Waals surface area contributed by atoms with E-state index >= 15 is 0 Å². The van der Waals surface area contributed by atoms with Crippen LogP contribution >= 0.6 is 0 Å². The van der Waals surface area contributed by atoms with E-state index in [1.165, 1.54) is 24.3 Å². The lowest BCUT2D eigenvalue weighted by Gasteiger charge is -2.16. The number of anilines is 1. The highest BCUT2D eigenvalue weighted by Crippen LogP contribution is 2.22. The number of likely N-dealkylation sites (N-methyl/N-ethyl adjacent to an activating group) is 1. The molecule has 0 spiro atoms. The van der Waals surface area contributed by atoms with Crippen molar-refractivity contribution in [1.82, 2.24) is 0 Å². The molecule has 0 saturated heterocycles. The van der Waals surface area contributed by atoms with E-state index in [1.807, 2.05) is 42.3 Å². The first-order valence-corrected chi connectivity index (χ1v) is 8.25. The van der Waals surface area contributed by atoms with E-state index in [2.05, 4.69) is 16.8 Å². The Bertz CT molecular complexity index is 797. The first-order valence-electron chi connectivity index (χ1n) is 6.81. The van der Waals surface area contributed by atoms with E-state index in [0.717, 1.165) is 12.2 Å². The molecule has 1 N–H and O–H groups in total. The molecule has 0 aliphatic rings. The van der Waals surface area contributed by atoms with Gasteiger partial charge in [0.1, 0.15) is 0 Å². The smallest absolute Gasteiger partial charge is 0.294 e. The van der Waals surface area contributed by atoms with Crippen molar-refractivity contribution < 1.29 is 13.0 Å². The summed E-state index contributed by atoms with van der Waals surface area (Å²) in [5.41, 5.74) is 2.21. The van der Waals surface area contributed by atoms with Gasteiger partial charge in [0.05, 0.1) is 16.3 Å². The van der Waals surface area contributed by atoms with Crippen LogP contribution in [0.4, 0.5) is 17.1 Å². The van der Waals surface area contributed by atoms with Gasteiger partial charge >= 0.3 is 0 Å². The van der Waals surface area contributed by atoms with Crippen molar-refractivity contribution >= 4 is 27.2 Å². The van der Waals surface area contributed by atoms with Crippen LogP contribution in [0.5, 0.6) is 0 Å². The summed E-state index contributed by atoms with van der Waals surface area (Å²) in [7, 11) is -2.22. The molecule has 120 valence electrons. The SMILES string of the molecule is C=CCN(C)c1ccc(N=Nc2ccc(S(=O)(=O)O)cc2)cc1. The van der Waals surface area contributed by atoms with E-state index in [4.69, 9.17) is 4.55 Å². The molecule has 2 aromatic carbocycles. The third-order valence-electron chi connectivity index (χ3n) is 3.11. The zero-order valence-corrected chi connectivity index (χ0v) is 13.4. The lowest BCUT2D eigenvalue weighted by atomic mass is 10.2. The average molecular weight is 331 g/mol. The number of hydrogen-bond acceptors (Lipinski definition) is 5. The largest absolute Gasteiger partial charge is 0.371 e. The molecule has 0 atom stereocenters.